The van der Waals surface area contributed by atoms with E-state index in [9.17, 15) is 0 Å². The summed E-state index contributed by atoms with van der Waals surface area (Å²) in [6, 6.07) is -1.06. The minimum Gasteiger partial charge on any atom is -0.0969 e. The first kappa shape index (κ1) is 11.7. The molecule has 1 fully saturated rings. The minimum absolute atomic E-state index is 0.818. The first-order valence-corrected chi connectivity index (χ1v) is 8.64. The van der Waals surface area contributed by atoms with Crippen molar-refractivity contribution in [3.05, 3.63) is 0 Å². The van der Waals surface area contributed by atoms with Gasteiger partial charge in [0, 0.05) is 0 Å². The van der Waals surface area contributed by atoms with Gasteiger partial charge in [-0.2, -0.15) is 0 Å². The predicted molar refractivity (Wildman–Crippen MR) is 66.7 cm³/mol. The molecule has 0 aromatic rings. The van der Waals surface area contributed by atoms with Crippen molar-refractivity contribution in [2.75, 3.05) is 6.16 Å². The summed E-state index contributed by atoms with van der Waals surface area (Å²) in [5.41, 5.74) is 1.64. The lowest BCUT2D eigenvalue weighted by Crippen LogP contribution is -2.33. The molecule has 1 aliphatic heterocycles. The van der Waals surface area contributed by atoms with Gasteiger partial charge in [-0.05, 0) is 41.8 Å². The maximum absolute atomic E-state index is 5.97. The standard InChI is InChI=1S/C11H23PS/c1-6-12(13)10(4)8(2)7-9(3)11(12)5/h8-11H,6-7H2,1-5H3/t8-,9+,10-,11+,12?. The second kappa shape index (κ2) is 4.03. The zero-order valence-corrected chi connectivity index (χ0v) is 11.3. The monoisotopic (exact) mass is 218 g/mol. The Hall–Kier alpha value is 0.650. The van der Waals surface area contributed by atoms with Gasteiger partial charge >= 0.3 is 0 Å². The molecule has 1 heterocycles. The summed E-state index contributed by atoms with van der Waals surface area (Å²) in [7, 11) is 0. The van der Waals surface area contributed by atoms with Crippen molar-refractivity contribution in [2.24, 2.45) is 11.8 Å². The maximum atomic E-state index is 5.97. The summed E-state index contributed by atoms with van der Waals surface area (Å²) in [5.74, 6) is 1.72. The quantitative estimate of drug-likeness (QED) is 0.601. The molecular formula is C11H23PS. The fraction of sp³-hybridized carbons (Fsp3) is 1.00. The molecule has 2 heteroatoms. The van der Waals surface area contributed by atoms with Crippen LogP contribution in [-0.4, -0.2) is 17.5 Å². The molecule has 1 unspecified atom stereocenters. The highest BCUT2D eigenvalue weighted by Crippen LogP contribution is 2.63. The van der Waals surface area contributed by atoms with E-state index in [4.69, 9.17) is 11.8 Å². The van der Waals surface area contributed by atoms with Crippen LogP contribution in [0.1, 0.15) is 41.0 Å². The van der Waals surface area contributed by atoms with Crippen LogP contribution in [0.3, 0.4) is 0 Å². The smallest absolute Gasteiger partial charge is 0.0119 e. The average molecular weight is 218 g/mol. The van der Waals surface area contributed by atoms with E-state index in [1.165, 1.54) is 12.6 Å². The first-order chi connectivity index (χ1) is 5.93. The van der Waals surface area contributed by atoms with Crippen molar-refractivity contribution in [3.63, 3.8) is 0 Å². The van der Waals surface area contributed by atoms with Crippen molar-refractivity contribution in [1.29, 1.82) is 0 Å². The van der Waals surface area contributed by atoms with Crippen LogP contribution in [0.15, 0.2) is 0 Å². The Balaban J connectivity index is 2.95. The minimum atomic E-state index is -1.06. The molecule has 0 aliphatic carbocycles. The summed E-state index contributed by atoms with van der Waals surface area (Å²) in [4.78, 5) is 0. The molecule has 1 aliphatic rings. The van der Waals surface area contributed by atoms with Gasteiger partial charge in [0.05, 0.1) is 0 Å². The van der Waals surface area contributed by atoms with Gasteiger partial charge in [0.1, 0.15) is 0 Å². The Morgan fingerprint density at radius 1 is 1.08 bits per heavy atom. The molecule has 0 bridgehead atoms. The summed E-state index contributed by atoms with van der Waals surface area (Å²) < 4.78 is 0. The fourth-order valence-corrected chi connectivity index (χ4v) is 7.90. The molecule has 1 saturated heterocycles. The molecule has 0 radical (unpaired) electrons. The Morgan fingerprint density at radius 2 is 1.46 bits per heavy atom. The third-order valence-electron chi connectivity index (χ3n) is 4.26. The molecule has 0 saturated carbocycles. The Morgan fingerprint density at radius 3 is 1.77 bits per heavy atom. The van der Waals surface area contributed by atoms with Crippen molar-refractivity contribution >= 4 is 17.8 Å². The van der Waals surface area contributed by atoms with Crippen LogP contribution in [0.2, 0.25) is 0 Å². The largest absolute Gasteiger partial charge is 0.0969 e. The van der Waals surface area contributed by atoms with E-state index in [0.717, 1.165) is 23.2 Å². The molecular weight excluding hydrogens is 195 g/mol. The molecule has 0 nitrogen and oxygen atoms in total. The van der Waals surface area contributed by atoms with Crippen molar-refractivity contribution in [3.8, 4) is 0 Å². The lowest BCUT2D eigenvalue weighted by atomic mass is 9.92. The highest BCUT2D eigenvalue weighted by Gasteiger charge is 2.40. The van der Waals surface area contributed by atoms with Gasteiger partial charge in [0.15, 0.2) is 0 Å². The van der Waals surface area contributed by atoms with Crippen LogP contribution < -0.4 is 0 Å². The Bertz CT molecular complexity index is 206. The predicted octanol–water partition coefficient (Wildman–Crippen LogP) is 3.94. The number of hydrogen-bond acceptors (Lipinski definition) is 1. The second-order valence-corrected chi connectivity index (χ2v) is 10.9. The second-order valence-electron chi connectivity index (χ2n) is 4.84. The van der Waals surface area contributed by atoms with E-state index in [0.29, 0.717) is 0 Å². The SMILES string of the molecule is CCP1(=S)[C@H](C)[C@H](C)C[C@H](C)[C@@H]1C. The summed E-state index contributed by atoms with van der Waals surface area (Å²) >= 11 is 5.97. The van der Waals surface area contributed by atoms with E-state index < -0.39 is 6.04 Å². The fourth-order valence-electron chi connectivity index (χ4n) is 2.79. The molecule has 5 atom stereocenters. The van der Waals surface area contributed by atoms with Crippen molar-refractivity contribution in [2.45, 2.75) is 52.4 Å². The first-order valence-electron chi connectivity index (χ1n) is 5.51. The van der Waals surface area contributed by atoms with E-state index in [1.807, 2.05) is 0 Å². The third-order valence-corrected chi connectivity index (χ3v) is 11.8. The molecule has 0 aromatic carbocycles. The topological polar surface area (TPSA) is 0 Å². The van der Waals surface area contributed by atoms with Crippen LogP contribution in [-0.2, 0) is 11.8 Å². The number of rotatable bonds is 1. The van der Waals surface area contributed by atoms with E-state index >= 15 is 0 Å². The zero-order valence-electron chi connectivity index (χ0n) is 9.58. The summed E-state index contributed by atoms with van der Waals surface area (Å²) in [5, 5.41) is 0. The molecule has 0 amide bonds. The molecule has 0 N–H and O–H groups in total. The lowest BCUT2D eigenvalue weighted by molar-refractivity contribution is 0.378. The van der Waals surface area contributed by atoms with Gasteiger partial charge in [0.25, 0.3) is 0 Å². The Labute approximate surface area is 88.5 Å². The highest BCUT2D eigenvalue weighted by molar-refractivity contribution is 8.15. The van der Waals surface area contributed by atoms with Crippen LogP contribution in [0, 0.1) is 11.8 Å². The van der Waals surface area contributed by atoms with Crippen LogP contribution in [0.5, 0.6) is 0 Å². The average Bonchev–Trinajstić information content (AvgIpc) is 2.12. The Kier molecular flexibility index (Phi) is 3.63. The summed E-state index contributed by atoms with van der Waals surface area (Å²) in [6.45, 7) is 11.9. The lowest BCUT2D eigenvalue weighted by Gasteiger charge is -2.45. The zero-order chi connectivity index (χ0) is 10.2. The van der Waals surface area contributed by atoms with Crippen LogP contribution in [0.25, 0.3) is 0 Å². The number of hydrogen-bond donors (Lipinski definition) is 0. The van der Waals surface area contributed by atoms with E-state index in [2.05, 4.69) is 34.6 Å². The molecule has 0 spiro atoms. The van der Waals surface area contributed by atoms with Gasteiger partial charge in [-0.3, -0.25) is 0 Å². The normalized spacial score (nSPS) is 52.1. The van der Waals surface area contributed by atoms with Crippen molar-refractivity contribution < 1.29 is 0 Å². The highest BCUT2D eigenvalue weighted by atomic mass is 32.4. The van der Waals surface area contributed by atoms with Gasteiger partial charge in [-0.1, -0.05) is 46.4 Å². The van der Waals surface area contributed by atoms with E-state index in [-0.39, 0.29) is 0 Å². The summed E-state index contributed by atoms with van der Waals surface area (Å²) in [6.07, 6.45) is 2.65. The molecule has 13 heavy (non-hydrogen) atoms. The maximum Gasteiger partial charge on any atom is -0.0119 e. The van der Waals surface area contributed by atoms with Crippen LogP contribution in [0.4, 0.5) is 0 Å². The molecule has 1 rings (SSSR count). The van der Waals surface area contributed by atoms with Gasteiger partial charge in [-0.25, -0.2) is 0 Å². The van der Waals surface area contributed by atoms with Gasteiger partial charge in [0.2, 0.25) is 0 Å². The van der Waals surface area contributed by atoms with Gasteiger partial charge in [-0.15, -0.1) is 0 Å². The third kappa shape index (κ3) is 1.88. The van der Waals surface area contributed by atoms with Crippen molar-refractivity contribution in [1.82, 2.24) is 0 Å². The van der Waals surface area contributed by atoms with E-state index in [1.54, 1.807) is 0 Å². The van der Waals surface area contributed by atoms with Gasteiger partial charge < -0.3 is 0 Å². The molecule has 78 valence electrons. The molecule has 0 aromatic heterocycles. The van der Waals surface area contributed by atoms with Crippen LogP contribution >= 0.6 is 6.04 Å².